The van der Waals surface area contributed by atoms with Crippen LogP contribution in [0.25, 0.3) is 0 Å². The summed E-state index contributed by atoms with van der Waals surface area (Å²) >= 11 is 0. The molecule has 0 aromatic heterocycles. The van der Waals surface area contributed by atoms with Crippen LogP contribution in [-0.2, 0) is 0 Å². The number of rotatable bonds is 1. The first-order valence-electron chi connectivity index (χ1n) is 3.74. The van der Waals surface area contributed by atoms with Crippen LogP contribution in [0.4, 0.5) is 0 Å². The SMILES string of the molecule is CC(=P)c1ccc(C)c(C)c1. The summed E-state index contributed by atoms with van der Waals surface area (Å²) in [7, 11) is 3.51. The number of aryl methyl sites for hydroxylation is 2. The lowest BCUT2D eigenvalue weighted by Crippen LogP contribution is -1.91. The molecule has 1 rings (SSSR count). The van der Waals surface area contributed by atoms with Gasteiger partial charge >= 0.3 is 0 Å². The van der Waals surface area contributed by atoms with Gasteiger partial charge in [-0.15, -0.1) is 8.86 Å². The molecule has 0 radical (unpaired) electrons. The number of hydrogen-bond acceptors (Lipinski definition) is 0. The second-order valence-corrected chi connectivity index (χ2v) is 3.67. The van der Waals surface area contributed by atoms with Crippen molar-refractivity contribution >= 4 is 14.2 Å². The molecule has 1 aromatic rings. The molecular formula is C10H13P. The quantitative estimate of drug-likeness (QED) is 0.560. The maximum Gasteiger partial charge on any atom is -0.0185 e. The monoisotopic (exact) mass is 164 g/mol. The summed E-state index contributed by atoms with van der Waals surface area (Å²) in [4.78, 5) is 0. The molecule has 0 aliphatic rings. The zero-order valence-corrected chi connectivity index (χ0v) is 8.23. The van der Waals surface area contributed by atoms with Crippen molar-refractivity contribution in [3.05, 3.63) is 34.9 Å². The molecule has 0 heterocycles. The molecule has 0 bridgehead atoms. The zero-order valence-electron chi connectivity index (χ0n) is 7.23. The van der Waals surface area contributed by atoms with Crippen LogP contribution in [0.5, 0.6) is 0 Å². The summed E-state index contributed by atoms with van der Waals surface area (Å²) in [6.45, 7) is 6.32. The lowest BCUT2D eigenvalue weighted by atomic mass is 10.1. The minimum Gasteiger partial charge on any atom is -0.118 e. The van der Waals surface area contributed by atoms with E-state index in [4.69, 9.17) is 0 Å². The Morgan fingerprint density at radius 1 is 1.18 bits per heavy atom. The Labute approximate surface area is 70.5 Å². The predicted molar refractivity (Wildman–Crippen MR) is 54.0 cm³/mol. The van der Waals surface area contributed by atoms with Crippen LogP contribution in [0.1, 0.15) is 23.6 Å². The molecule has 0 fully saturated rings. The van der Waals surface area contributed by atoms with Gasteiger partial charge in [-0.25, -0.2) is 0 Å². The van der Waals surface area contributed by atoms with Crippen LogP contribution in [-0.4, -0.2) is 5.29 Å². The van der Waals surface area contributed by atoms with E-state index in [9.17, 15) is 0 Å². The maximum atomic E-state index is 3.51. The first-order valence-corrected chi connectivity index (χ1v) is 4.24. The summed E-state index contributed by atoms with van der Waals surface area (Å²) in [5.74, 6) is 0. The summed E-state index contributed by atoms with van der Waals surface area (Å²) in [5, 5.41) is 1.19. The Balaban J connectivity index is 3.15. The van der Waals surface area contributed by atoms with E-state index in [0.717, 1.165) is 0 Å². The minimum absolute atomic E-state index is 1.19. The zero-order chi connectivity index (χ0) is 8.43. The molecule has 0 saturated heterocycles. The van der Waals surface area contributed by atoms with Gasteiger partial charge in [0.25, 0.3) is 0 Å². The Morgan fingerprint density at radius 3 is 2.27 bits per heavy atom. The highest BCUT2D eigenvalue weighted by Crippen LogP contribution is 2.10. The van der Waals surface area contributed by atoms with Crippen molar-refractivity contribution in [3.63, 3.8) is 0 Å². The minimum atomic E-state index is 1.19. The van der Waals surface area contributed by atoms with Gasteiger partial charge in [0.05, 0.1) is 0 Å². The van der Waals surface area contributed by atoms with Gasteiger partial charge in [0, 0.05) is 0 Å². The van der Waals surface area contributed by atoms with Gasteiger partial charge in [-0.05, 0) is 42.8 Å². The molecule has 1 heteroatoms. The second kappa shape index (κ2) is 3.19. The van der Waals surface area contributed by atoms with Crippen molar-refractivity contribution < 1.29 is 0 Å². The molecule has 0 N–H and O–H groups in total. The largest absolute Gasteiger partial charge is 0.118 e. The molecule has 1 aromatic carbocycles. The average molecular weight is 164 g/mol. The summed E-state index contributed by atoms with van der Waals surface area (Å²) in [6, 6.07) is 6.47. The molecule has 58 valence electrons. The van der Waals surface area contributed by atoms with Crippen LogP contribution in [0.3, 0.4) is 0 Å². The third-order valence-electron chi connectivity index (χ3n) is 1.94. The molecular weight excluding hydrogens is 151 g/mol. The second-order valence-electron chi connectivity index (χ2n) is 2.92. The highest BCUT2D eigenvalue weighted by atomic mass is 31.0. The van der Waals surface area contributed by atoms with Crippen molar-refractivity contribution in [1.29, 1.82) is 0 Å². The summed E-state index contributed by atoms with van der Waals surface area (Å²) < 4.78 is 0. The van der Waals surface area contributed by atoms with Gasteiger partial charge in [-0.3, -0.25) is 0 Å². The van der Waals surface area contributed by atoms with E-state index in [1.165, 1.54) is 22.0 Å². The molecule has 0 amide bonds. The van der Waals surface area contributed by atoms with Crippen LogP contribution in [0.15, 0.2) is 18.2 Å². The van der Waals surface area contributed by atoms with Crippen molar-refractivity contribution in [2.24, 2.45) is 0 Å². The van der Waals surface area contributed by atoms with E-state index in [2.05, 4.69) is 47.8 Å². The molecule has 0 aliphatic heterocycles. The van der Waals surface area contributed by atoms with Crippen molar-refractivity contribution in [1.82, 2.24) is 0 Å². The van der Waals surface area contributed by atoms with Crippen molar-refractivity contribution in [3.8, 4) is 0 Å². The fraction of sp³-hybridized carbons (Fsp3) is 0.300. The van der Waals surface area contributed by atoms with Crippen LogP contribution < -0.4 is 0 Å². The lowest BCUT2D eigenvalue weighted by Gasteiger charge is -2.02. The third kappa shape index (κ3) is 1.91. The molecule has 11 heavy (non-hydrogen) atoms. The van der Waals surface area contributed by atoms with Gasteiger partial charge in [0.1, 0.15) is 0 Å². The van der Waals surface area contributed by atoms with Gasteiger partial charge in [-0.1, -0.05) is 18.2 Å². The summed E-state index contributed by atoms with van der Waals surface area (Å²) in [5.41, 5.74) is 3.96. The molecule has 0 spiro atoms. The van der Waals surface area contributed by atoms with E-state index in [-0.39, 0.29) is 0 Å². The van der Waals surface area contributed by atoms with E-state index in [1.54, 1.807) is 0 Å². The van der Waals surface area contributed by atoms with Gasteiger partial charge in [0.2, 0.25) is 0 Å². The third-order valence-corrected chi connectivity index (χ3v) is 2.23. The highest BCUT2D eigenvalue weighted by molar-refractivity contribution is 7.22. The Bertz CT molecular complexity index is 287. The molecule has 0 nitrogen and oxygen atoms in total. The lowest BCUT2D eigenvalue weighted by molar-refractivity contribution is 1.33. The Kier molecular flexibility index (Phi) is 2.46. The predicted octanol–water partition coefficient (Wildman–Crippen LogP) is 2.99. The Morgan fingerprint density at radius 2 is 1.82 bits per heavy atom. The molecule has 0 aliphatic carbocycles. The van der Waals surface area contributed by atoms with E-state index >= 15 is 0 Å². The van der Waals surface area contributed by atoms with Gasteiger partial charge in [0.15, 0.2) is 0 Å². The smallest absolute Gasteiger partial charge is 0.0185 e. The van der Waals surface area contributed by atoms with E-state index in [0.29, 0.717) is 0 Å². The fourth-order valence-corrected chi connectivity index (χ4v) is 1.13. The number of hydrogen-bond donors (Lipinski definition) is 0. The number of benzene rings is 1. The maximum absolute atomic E-state index is 3.51. The van der Waals surface area contributed by atoms with Crippen molar-refractivity contribution in [2.45, 2.75) is 20.8 Å². The van der Waals surface area contributed by atoms with Crippen molar-refractivity contribution in [2.75, 3.05) is 0 Å². The first kappa shape index (κ1) is 8.49. The normalized spacial score (nSPS) is 9.73. The molecule has 0 saturated carbocycles. The molecule has 0 unspecified atom stereocenters. The van der Waals surface area contributed by atoms with E-state index < -0.39 is 0 Å². The van der Waals surface area contributed by atoms with Crippen LogP contribution in [0, 0.1) is 13.8 Å². The standard InChI is InChI=1S/C10H13P/c1-7-4-5-10(9(3)11)6-8(7)2/h4-6,11H,1-3H3. The van der Waals surface area contributed by atoms with Crippen LogP contribution in [0.2, 0.25) is 0 Å². The Hall–Kier alpha value is -0.610. The first-order chi connectivity index (χ1) is 5.11. The fourth-order valence-electron chi connectivity index (χ4n) is 0.975. The van der Waals surface area contributed by atoms with Gasteiger partial charge in [-0.2, -0.15) is 0 Å². The highest BCUT2D eigenvalue weighted by Gasteiger charge is 1.95. The van der Waals surface area contributed by atoms with Crippen LogP contribution >= 0.6 is 8.86 Å². The topological polar surface area (TPSA) is 0 Å². The summed E-state index contributed by atoms with van der Waals surface area (Å²) in [6.07, 6.45) is 0. The average Bonchev–Trinajstić information content (AvgIpc) is 1.94. The molecule has 0 atom stereocenters. The van der Waals surface area contributed by atoms with Gasteiger partial charge < -0.3 is 0 Å². The van der Waals surface area contributed by atoms with E-state index in [1.807, 2.05) is 0 Å².